The van der Waals surface area contributed by atoms with Crippen LogP contribution in [0.3, 0.4) is 0 Å². The number of aryl methyl sites for hydroxylation is 2. The molecule has 90 valence electrons. The molecule has 0 unspecified atom stereocenters. The molecule has 0 aliphatic heterocycles. The first kappa shape index (κ1) is 11.4. The van der Waals surface area contributed by atoms with Crippen molar-refractivity contribution in [1.29, 1.82) is 0 Å². The molecule has 0 saturated heterocycles. The zero-order valence-corrected chi connectivity index (χ0v) is 9.48. The van der Waals surface area contributed by atoms with E-state index in [0.717, 1.165) is 6.07 Å². The average molecular weight is 238 g/mol. The van der Waals surface area contributed by atoms with Crippen molar-refractivity contribution in [3.8, 4) is 0 Å². The van der Waals surface area contributed by atoms with Crippen molar-refractivity contribution >= 4 is 5.69 Å². The highest BCUT2D eigenvalue weighted by molar-refractivity contribution is 5.43. The van der Waals surface area contributed by atoms with Gasteiger partial charge in [-0.25, -0.2) is 8.78 Å². The van der Waals surface area contributed by atoms with Crippen LogP contribution in [-0.4, -0.2) is 9.13 Å². The number of nitrogens with one attached hydrogen (secondary N) is 1. The Balaban J connectivity index is 2.31. The normalized spacial score (nSPS) is 10.4. The van der Waals surface area contributed by atoms with Gasteiger partial charge in [-0.2, -0.15) is 0 Å². The van der Waals surface area contributed by atoms with Crippen molar-refractivity contribution in [2.24, 2.45) is 19.2 Å². The molecule has 2 rings (SSSR count). The van der Waals surface area contributed by atoms with E-state index in [-0.39, 0.29) is 5.69 Å². The molecular formula is C11H12F2N4. The zero-order valence-electron chi connectivity index (χ0n) is 9.48. The van der Waals surface area contributed by atoms with Crippen molar-refractivity contribution < 1.29 is 8.78 Å². The third-order valence-corrected chi connectivity index (χ3v) is 2.35. The van der Waals surface area contributed by atoms with Crippen LogP contribution in [-0.2, 0) is 14.1 Å². The van der Waals surface area contributed by atoms with E-state index in [9.17, 15) is 8.78 Å². The second-order valence-electron chi connectivity index (χ2n) is 3.67. The number of rotatable bonds is 2. The minimum absolute atomic E-state index is 0.132. The lowest BCUT2D eigenvalue weighted by molar-refractivity contribution is 0.585. The van der Waals surface area contributed by atoms with Gasteiger partial charge in [-0.15, -0.1) is 5.10 Å². The van der Waals surface area contributed by atoms with Crippen LogP contribution in [0.25, 0.3) is 0 Å². The smallest absolute Gasteiger partial charge is 0.226 e. The summed E-state index contributed by atoms with van der Waals surface area (Å²) in [4.78, 5) is 0. The van der Waals surface area contributed by atoms with Crippen LogP contribution in [0.1, 0.15) is 0 Å². The van der Waals surface area contributed by atoms with Gasteiger partial charge >= 0.3 is 0 Å². The maximum absolute atomic E-state index is 13.3. The number of halogens is 2. The molecule has 1 aromatic heterocycles. The molecule has 0 aliphatic rings. The molecule has 0 spiro atoms. The zero-order chi connectivity index (χ0) is 12.4. The Morgan fingerprint density at radius 3 is 2.35 bits per heavy atom. The molecule has 1 aromatic carbocycles. The molecule has 0 amide bonds. The van der Waals surface area contributed by atoms with Crippen molar-refractivity contribution in [2.75, 3.05) is 5.43 Å². The molecular weight excluding hydrogens is 226 g/mol. The summed E-state index contributed by atoms with van der Waals surface area (Å²) < 4.78 is 29.5. The van der Waals surface area contributed by atoms with Gasteiger partial charge in [0.2, 0.25) is 5.62 Å². The van der Waals surface area contributed by atoms with E-state index in [1.54, 1.807) is 9.13 Å². The standard InChI is InChI=1S/C11H12F2N4/c1-16-5-6-17(2)11(16)15-14-10-4-3-8(12)7-9(10)13/h3-7,14H,1-2H3. The van der Waals surface area contributed by atoms with Gasteiger partial charge in [0.25, 0.3) is 0 Å². The maximum Gasteiger partial charge on any atom is 0.226 e. The van der Waals surface area contributed by atoms with Crippen LogP contribution in [0.15, 0.2) is 35.7 Å². The highest BCUT2D eigenvalue weighted by Crippen LogP contribution is 2.14. The lowest BCUT2D eigenvalue weighted by atomic mass is 10.3. The third kappa shape index (κ3) is 2.35. The molecule has 0 atom stereocenters. The molecule has 1 heterocycles. The molecule has 0 aliphatic carbocycles. The highest BCUT2D eigenvalue weighted by Gasteiger charge is 2.02. The monoisotopic (exact) mass is 238 g/mol. The number of aromatic nitrogens is 2. The summed E-state index contributed by atoms with van der Waals surface area (Å²) in [5.41, 5.74) is 3.32. The van der Waals surface area contributed by atoms with Crippen molar-refractivity contribution in [3.63, 3.8) is 0 Å². The minimum atomic E-state index is -0.675. The molecule has 6 heteroatoms. The van der Waals surface area contributed by atoms with Crippen molar-refractivity contribution in [1.82, 2.24) is 9.13 Å². The van der Waals surface area contributed by atoms with Gasteiger partial charge in [0.15, 0.2) is 5.82 Å². The molecule has 1 N–H and O–H groups in total. The van der Waals surface area contributed by atoms with E-state index in [1.165, 1.54) is 12.1 Å². The lowest BCUT2D eigenvalue weighted by Crippen LogP contribution is -2.23. The van der Waals surface area contributed by atoms with Crippen LogP contribution in [0, 0.1) is 11.6 Å². The van der Waals surface area contributed by atoms with Gasteiger partial charge in [0.1, 0.15) is 5.82 Å². The Kier molecular flexibility index (Phi) is 2.95. The van der Waals surface area contributed by atoms with E-state index in [0.29, 0.717) is 5.62 Å². The summed E-state index contributed by atoms with van der Waals surface area (Å²) in [5, 5.41) is 4.04. The Morgan fingerprint density at radius 1 is 1.12 bits per heavy atom. The molecule has 2 aromatic rings. The summed E-state index contributed by atoms with van der Waals surface area (Å²) in [5.74, 6) is -1.29. The van der Waals surface area contributed by atoms with Gasteiger partial charge in [0, 0.05) is 32.6 Å². The minimum Gasteiger partial charge on any atom is -0.319 e. The van der Waals surface area contributed by atoms with Crippen molar-refractivity contribution in [2.45, 2.75) is 0 Å². The van der Waals surface area contributed by atoms with Gasteiger partial charge < -0.3 is 9.13 Å². The van der Waals surface area contributed by atoms with Crippen LogP contribution >= 0.6 is 0 Å². The Morgan fingerprint density at radius 2 is 1.76 bits per heavy atom. The van der Waals surface area contributed by atoms with Crippen LogP contribution in [0.4, 0.5) is 14.5 Å². The second kappa shape index (κ2) is 4.40. The van der Waals surface area contributed by atoms with Gasteiger partial charge in [-0.05, 0) is 12.1 Å². The number of nitrogens with zero attached hydrogens (tertiary/aromatic N) is 3. The molecule has 0 saturated carbocycles. The summed E-state index contributed by atoms with van der Waals surface area (Å²) in [6.45, 7) is 0. The average Bonchev–Trinajstić information content (AvgIpc) is 2.58. The number of hydrogen-bond acceptors (Lipinski definition) is 2. The number of benzene rings is 1. The van der Waals surface area contributed by atoms with Crippen LogP contribution in [0.5, 0.6) is 0 Å². The molecule has 17 heavy (non-hydrogen) atoms. The number of imidazole rings is 1. The molecule has 0 bridgehead atoms. The van der Waals surface area contributed by atoms with E-state index < -0.39 is 11.6 Å². The summed E-state index contributed by atoms with van der Waals surface area (Å²) >= 11 is 0. The summed E-state index contributed by atoms with van der Waals surface area (Å²) in [7, 11) is 3.64. The van der Waals surface area contributed by atoms with Crippen molar-refractivity contribution in [3.05, 3.63) is 47.8 Å². The SMILES string of the molecule is Cn1ccn(C)c1=NNc1ccc(F)cc1F. The molecule has 4 nitrogen and oxygen atoms in total. The number of anilines is 1. The molecule has 0 radical (unpaired) electrons. The van der Waals surface area contributed by atoms with Crippen LogP contribution in [0.2, 0.25) is 0 Å². The maximum atomic E-state index is 13.3. The van der Waals surface area contributed by atoms with E-state index in [2.05, 4.69) is 10.5 Å². The predicted molar refractivity (Wildman–Crippen MR) is 59.9 cm³/mol. The van der Waals surface area contributed by atoms with E-state index in [1.807, 2.05) is 26.5 Å². The number of hydrogen-bond donors (Lipinski definition) is 1. The highest BCUT2D eigenvalue weighted by atomic mass is 19.1. The Bertz CT molecular complexity index is 575. The quantitative estimate of drug-likeness (QED) is 0.792. The first-order chi connectivity index (χ1) is 8.08. The van der Waals surface area contributed by atoms with Gasteiger partial charge in [-0.3, -0.25) is 5.43 Å². The molecule has 0 fully saturated rings. The first-order valence-corrected chi connectivity index (χ1v) is 5.00. The van der Waals surface area contributed by atoms with Gasteiger partial charge in [0.05, 0.1) is 5.69 Å². The van der Waals surface area contributed by atoms with Gasteiger partial charge in [-0.1, -0.05) is 0 Å². The topological polar surface area (TPSA) is 34.2 Å². The summed E-state index contributed by atoms with van der Waals surface area (Å²) in [6, 6.07) is 3.28. The summed E-state index contributed by atoms with van der Waals surface area (Å²) in [6.07, 6.45) is 3.64. The third-order valence-electron chi connectivity index (χ3n) is 2.35. The Labute approximate surface area is 96.8 Å². The van der Waals surface area contributed by atoms with E-state index in [4.69, 9.17) is 0 Å². The first-order valence-electron chi connectivity index (χ1n) is 5.00. The fourth-order valence-corrected chi connectivity index (χ4v) is 1.43. The van der Waals surface area contributed by atoms with E-state index >= 15 is 0 Å². The lowest BCUT2D eigenvalue weighted by Gasteiger charge is -2.02. The fraction of sp³-hybridized carbons (Fsp3) is 0.182. The largest absolute Gasteiger partial charge is 0.319 e. The van der Waals surface area contributed by atoms with Crippen LogP contribution < -0.4 is 11.0 Å². The second-order valence-corrected chi connectivity index (χ2v) is 3.67. The predicted octanol–water partition coefficient (Wildman–Crippen LogP) is 1.57. The Hall–Kier alpha value is -2.11. The fourth-order valence-electron chi connectivity index (χ4n) is 1.43.